The minimum Gasteiger partial charge on any atom is -0.423 e. The molecule has 2 amide bonds. The van der Waals surface area contributed by atoms with Crippen LogP contribution in [0.4, 0.5) is 5.69 Å². The third-order valence-corrected chi connectivity index (χ3v) is 4.61. The number of halogens is 1. The van der Waals surface area contributed by atoms with Gasteiger partial charge in [-0.25, -0.2) is 10.2 Å². The molecule has 0 bridgehead atoms. The van der Waals surface area contributed by atoms with E-state index >= 15 is 0 Å². The zero-order valence-electron chi connectivity index (χ0n) is 16.5. The quantitative estimate of drug-likeness (QED) is 0.208. The Labute approximate surface area is 183 Å². The number of nitrogens with zero attached hydrogens (tertiary/aromatic N) is 1. The standard InChI is InChI=1S/C23H18ClN3O4/c1-15-19(24)8-5-9-20(15)26-21(28)22(29)27-25-14-16-10-12-18(13-11-16)31-23(30)17-6-3-2-4-7-17/h2-14H,1H3,(H,26,28)(H,27,29)/b25-14+. The molecule has 156 valence electrons. The molecule has 0 radical (unpaired) electrons. The van der Waals surface area contributed by atoms with E-state index in [-0.39, 0.29) is 0 Å². The molecular weight excluding hydrogens is 418 g/mol. The van der Waals surface area contributed by atoms with Gasteiger partial charge in [-0.1, -0.05) is 35.9 Å². The summed E-state index contributed by atoms with van der Waals surface area (Å²) in [4.78, 5) is 35.9. The van der Waals surface area contributed by atoms with Crippen LogP contribution in [0.3, 0.4) is 0 Å². The van der Waals surface area contributed by atoms with Gasteiger partial charge in [0, 0.05) is 10.7 Å². The van der Waals surface area contributed by atoms with Crippen molar-refractivity contribution in [3.8, 4) is 5.75 Å². The number of hydrazone groups is 1. The summed E-state index contributed by atoms with van der Waals surface area (Å²) in [5.41, 5.74) is 4.33. The van der Waals surface area contributed by atoms with Crippen LogP contribution in [-0.2, 0) is 9.59 Å². The Morgan fingerprint density at radius 1 is 0.903 bits per heavy atom. The zero-order valence-corrected chi connectivity index (χ0v) is 17.2. The number of ether oxygens (including phenoxy) is 1. The molecule has 3 aromatic carbocycles. The molecule has 0 aromatic heterocycles. The first-order valence-corrected chi connectivity index (χ1v) is 9.58. The van der Waals surface area contributed by atoms with Crippen molar-refractivity contribution in [2.24, 2.45) is 5.10 Å². The second-order valence-electron chi connectivity index (χ2n) is 6.39. The van der Waals surface area contributed by atoms with E-state index in [1.165, 1.54) is 6.21 Å². The summed E-state index contributed by atoms with van der Waals surface area (Å²) >= 11 is 6.00. The van der Waals surface area contributed by atoms with Crippen LogP contribution in [0, 0.1) is 6.92 Å². The van der Waals surface area contributed by atoms with Crippen molar-refractivity contribution < 1.29 is 19.1 Å². The summed E-state index contributed by atoms with van der Waals surface area (Å²) < 4.78 is 5.29. The fourth-order valence-corrected chi connectivity index (χ4v) is 2.67. The second kappa shape index (κ2) is 10.2. The Morgan fingerprint density at radius 3 is 2.32 bits per heavy atom. The van der Waals surface area contributed by atoms with Crippen molar-refractivity contribution in [2.75, 3.05) is 5.32 Å². The Bertz CT molecular complexity index is 1130. The first-order valence-electron chi connectivity index (χ1n) is 9.21. The third-order valence-electron chi connectivity index (χ3n) is 4.20. The van der Waals surface area contributed by atoms with Crippen LogP contribution in [0.15, 0.2) is 77.9 Å². The number of hydrogen-bond donors (Lipinski definition) is 2. The van der Waals surface area contributed by atoms with Gasteiger partial charge in [0.25, 0.3) is 0 Å². The monoisotopic (exact) mass is 435 g/mol. The van der Waals surface area contributed by atoms with Crippen LogP contribution in [0.1, 0.15) is 21.5 Å². The normalized spacial score (nSPS) is 10.5. The molecular formula is C23H18ClN3O4. The molecule has 0 aliphatic rings. The van der Waals surface area contributed by atoms with Gasteiger partial charge < -0.3 is 10.1 Å². The van der Waals surface area contributed by atoms with Crippen LogP contribution in [0.2, 0.25) is 5.02 Å². The number of hydrogen-bond acceptors (Lipinski definition) is 5. The number of carbonyl (C=O) groups is 3. The molecule has 8 heteroatoms. The first kappa shape index (κ1) is 21.7. The fourth-order valence-electron chi connectivity index (χ4n) is 2.50. The lowest BCUT2D eigenvalue weighted by Gasteiger charge is -2.08. The summed E-state index contributed by atoms with van der Waals surface area (Å²) in [5.74, 6) is -1.89. The molecule has 0 heterocycles. The van der Waals surface area contributed by atoms with Gasteiger partial charge in [-0.15, -0.1) is 0 Å². The molecule has 0 fully saturated rings. The van der Waals surface area contributed by atoms with Gasteiger partial charge >= 0.3 is 17.8 Å². The van der Waals surface area contributed by atoms with E-state index in [0.29, 0.717) is 33.1 Å². The maximum Gasteiger partial charge on any atom is 0.343 e. The van der Waals surface area contributed by atoms with Gasteiger partial charge in [0.2, 0.25) is 0 Å². The average molecular weight is 436 g/mol. The molecule has 31 heavy (non-hydrogen) atoms. The van der Waals surface area contributed by atoms with E-state index in [0.717, 1.165) is 0 Å². The van der Waals surface area contributed by atoms with Gasteiger partial charge in [-0.3, -0.25) is 9.59 Å². The zero-order chi connectivity index (χ0) is 22.2. The maximum absolute atomic E-state index is 12.0. The van der Waals surface area contributed by atoms with E-state index in [9.17, 15) is 14.4 Å². The lowest BCUT2D eigenvalue weighted by molar-refractivity contribution is -0.136. The molecule has 0 aliphatic heterocycles. The van der Waals surface area contributed by atoms with Crippen molar-refractivity contribution in [1.82, 2.24) is 5.43 Å². The molecule has 0 saturated carbocycles. The highest BCUT2D eigenvalue weighted by molar-refractivity contribution is 6.40. The smallest absolute Gasteiger partial charge is 0.343 e. The lowest BCUT2D eigenvalue weighted by Crippen LogP contribution is -2.32. The molecule has 0 spiro atoms. The molecule has 0 aliphatic carbocycles. The first-order chi connectivity index (χ1) is 14.9. The fraction of sp³-hybridized carbons (Fsp3) is 0.0435. The highest BCUT2D eigenvalue weighted by atomic mass is 35.5. The largest absolute Gasteiger partial charge is 0.423 e. The SMILES string of the molecule is Cc1c(Cl)cccc1NC(=O)C(=O)N/N=C/c1ccc(OC(=O)c2ccccc2)cc1. The van der Waals surface area contributed by atoms with Crippen LogP contribution in [0.5, 0.6) is 5.75 Å². The van der Waals surface area contributed by atoms with Crippen LogP contribution < -0.4 is 15.5 Å². The molecule has 7 nitrogen and oxygen atoms in total. The second-order valence-corrected chi connectivity index (χ2v) is 6.80. The van der Waals surface area contributed by atoms with Crippen molar-refractivity contribution in [3.05, 3.63) is 94.5 Å². The number of carbonyl (C=O) groups excluding carboxylic acids is 3. The molecule has 3 aromatic rings. The van der Waals surface area contributed by atoms with E-state index < -0.39 is 17.8 Å². The number of esters is 1. The van der Waals surface area contributed by atoms with Crippen LogP contribution in [-0.4, -0.2) is 24.0 Å². The van der Waals surface area contributed by atoms with Gasteiger partial charge in [0.1, 0.15) is 5.75 Å². The van der Waals surface area contributed by atoms with Crippen LogP contribution >= 0.6 is 11.6 Å². The number of anilines is 1. The highest BCUT2D eigenvalue weighted by Gasteiger charge is 2.14. The number of amides is 2. The molecule has 0 saturated heterocycles. The summed E-state index contributed by atoms with van der Waals surface area (Å²) in [6, 6.07) is 20.1. The van der Waals surface area contributed by atoms with Gasteiger partial charge in [-0.05, 0) is 66.6 Å². The van der Waals surface area contributed by atoms with E-state index in [2.05, 4.69) is 15.8 Å². The summed E-state index contributed by atoms with van der Waals surface area (Å²) in [7, 11) is 0. The predicted octanol–water partition coefficient (Wildman–Crippen LogP) is 3.96. The Morgan fingerprint density at radius 2 is 1.61 bits per heavy atom. The average Bonchev–Trinajstić information content (AvgIpc) is 2.78. The summed E-state index contributed by atoms with van der Waals surface area (Å²) in [5, 5.41) is 6.72. The topological polar surface area (TPSA) is 96.9 Å². The molecule has 2 N–H and O–H groups in total. The highest BCUT2D eigenvalue weighted by Crippen LogP contribution is 2.22. The number of nitrogens with one attached hydrogen (secondary N) is 2. The Hall–Kier alpha value is -3.97. The number of benzene rings is 3. The molecule has 0 atom stereocenters. The van der Waals surface area contributed by atoms with Gasteiger partial charge in [0.15, 0.2) is 0 Å². The van der Waals surface area contributed by atoms with E-state index in [1.54, 1.807) is 73.7 Å². The van der Waals surface area contributed by atoms with Gasteiger partial charge in [0.05, 0.1) is 11.8 Å². The summed E-state index contributed by atoms with van der Waals surface area (Å²) in [6.45, 7) is 1.73. The molecule has 0 unspecified atom stereocenters. The lowest BCUT2D eigenvalue weighted by atomic mass is 10.2. The van der Waals surface area contributed by atoms with Crippen molar-refractivity contribution in [1.29, 1.82) is 0 Å². The third kappa shape index (κ3) is 6.01. The van der Waals surface area contributed by atoms with Crippen molar-refractivity contribution in [3.63, 3.8) is 0 Å². The molecule has 3 rings (SSSR count). The predicted molar refractivity (Wildman–Crippen MR) is 118 cm³/mol. The van der Waals surface area contributed by atoms with E-state index in [1.807, 2.05) is 6.07 Å². The summed E-state index contributed by atoms with van der Waals surface area (Å²) in [6.07, 6.45) is 1.36. The minimum atomic E-state index is -0.927. The van der Waals surface area contributed by atoms with E-state index in [4.69, 9.17) is 16.3 Å². The van der Waals surface area contributed by atoms with Gasteiger partial charge in [-0.2, -0.15) is 5.10 Å². The van der Waals surface area contributed by atoms with Crippen molar-refractivity contribution >= 4 is 41.3 Å². The van der Waals surface area contributed by atoms with Crippen molar-refractivity contribution in [2.45, 2.75) is 6.92 Å². The van der Waals surface area contributed by atoms with Crippen LogP contribution in [0.25, 0.3) is 0 Å². The Balaban J connectivity index is 1.52. The maximum atomic E-state index is 12.0. The Kier molecular flexibility index (Phi) is 7.13. The minimum absolute atomic E-state index is 0.367. The number of rotatable bonds is 5.